The van der Waals surface area contributed by atoms with Crippen molar-refractivity contribution < 1.29 is 27.9 Å². The molecule has 0 spiro atoms. The van der Waals surface area contributed by atoms with E-state index in [0.29, 0.717) is 12.8 Å². The molecule has 0 saturated heterocycles. The number of rotatable bonds is 5. The zero-order valence-corrected chi connectivity index (χ0v) is 11.1. The molecule has 110 valence electrons. The lowest BCUT2D eigenvalue weighted by atomic mass is 9.74. The lowest BCUT2D eigenvalue weighted by Crippen LogP contribution is -2.44. The Bertz CT molecular complexity index is 341. The number of halogens is 3. The van der Waals surface area contributed by atoms with E-state index in [9.17, 15) is 27.9 Å². The van der Waals surface area contributed by atoms with Gasteiger partial charge in [0.2, 0.25) is 5.91 Å². The number of carbonyl (C=O) groups is 2. The number of alkyl halides is 3. The van der Waals surface area contributed by atoms with Gasteiger partial charge in [-0.15, -0.1) is 0 Å². The van der Waals surface area contributed by atoms with E-state index in [1.54, 1.807) is 0 Å². The van der Waals surface area contributed by atoms with Gasteiger partial charge in [0, 0.05) is 6.54 Å². The summed E-state index contributed by atoms with van der Waals surface area (Å²) in [7, 11) is 0. The topological polar surface area (TPSA) is 66.4 Å². The van der Waals surface area contributed by atoms with Crippen molar-refractivity contribution in [2.24, 2.45) is 5.41 Å². The molecule has 1 saturated carbocycles. The molecule has 0 aromatic rings. The first-order valence-corrected chi connectivity index (χ1v) is 6.94. The third kappa shape index (κ3) is 5.30. The van der Waals surface area contributed by atoms with E-state index in [4.69, 9.17) is 0 Å². The van der Waals surface area contributed by atoms with Crippen molar-refractivity contribution in [2.75, 3.05) is 12.3 Å². The second kappa shape index (κ2) is 6.49. The first-order chi connectivity index (χ1) is 8.75. The molecular weight excluding hydrogens is 283 g/mol. The first kappa shape index (κ1) is 16.1. The Balaban J connectivity index is 2.44. The monoisotopic (exact) mass is 299 g/mol. The van der Waals surface area contributed by atoms with Gasteiger partial charge < -0.3 is 10.4 Å². The van der Waals surface area contributed by atoms with E-state index in [1.165, 1.54) is 0 Å². The number of hydrogen-bond acceptors (Lipinski definition) is 3. The smallest absolute Gasteiger partial charge is 0.442 e. The van der Waals surface area contributed by atoms with E-state index in [0.717, 1.165) is 19.3 Å². The minimum atomic E-state index is -4.45. The van der Waals surface area contributed by atoms with Crippen molar-refractivity contribution in [3.8, 4) is 0 Å². The van der Waals surface area contributed by atoms with Gasteiger partial charge in [-0.05, 0) is 24.6 Å². The molecule has 0 heterocycles. The van der Waals surface area contributed by atoms with Crippen molar-refractivity contribution in [2.45, 2.75) is 37.6 Å². The number of hydrogen-bond donors (Lipinski definition) is 2. The van der Waals surface area contributed by atoms with Gasteiger partial charge in [-0.1, -0.05) is 19.3 Å². The van der Waals surface area contributed by atoms with Crippen LogP contribution >= 0.6 is 11.8 Å². The number of thioether (sulfide) groups is 1. The summed E-state index contributed by atoms with van der Waals surface area (Å²) < 4.78 is 35.7. The summed E-state index contributed by atoms with van der Waals surface area (Å²) in [6.45, 7) is -0.0976. The van der Waals surface area contributed by atoms with Gasteiger partial charge in [-0.3, -0.25) is 9.59 Å². The molecule has 1 aliphatic rings. The average molecular weight is 299 g/mol. The second-order valence-corrected chi connectivity index (χ2v) is 5.70. The molecule has 0 bridgehead atoms. The van der Waals surface area contributed by atoms with Crippen LogP contribution in [0.3, 0.4) is 0 Å². The number of aliphatic carboxylic acids is 1. The van der Waals surface area contributed by atoms with Crippen LogP contribution in [0, 0.1) is 5.41 Å². The Morgan fingerprint density at radius 2 is 1.79 bits per heavy atom. The van der Waals surface area contributed by atoms with Crippen molar-refractivity contribution in [3.05, 3.63) is 0 Å². The predicted molar refractivity (Wildman–Crippen MR) is 64.7 cm³/mol. The lowest BCUT2D eigenvalue weighted by molar-refractivity contribution is -0.151. The van der Waals surface area contributed by atoms with E-state index >= 15 is 0 Å². The fraction of sp³-hybridized carbons (Fsp3) is 0.818. The van der Waals surface area contributed by atoms with Gasteiger partial charge in [0.15, 0.2) is 0 Å². The maximum atomic E-state index is 11.9. The molecule has 8 heteroatoms. The van der Waals surface area contributed by atoms with E-state index in [-0.39, 0.29) is 6.54 Å². The van der Waals surface area contributed by atoms with Gasteiger partial charge in [0.25, 0.3) is 0 Å². The van der Waals surface area contributed by atoms with Crippen LogP contribution < -0.4 is 5.32 Å². The summed E-state index contributed by atoms with van der Waals surface area (Å²) in [5.74, 6) is -2.51. The summed E-state index contributed by atoms with van der Waals surface area (Å²) in [4.78, 5) is 22.5. The molecule has 0 radical (unpaired) electrons. The molecule has 0 aromatic carbocycles. The van der Waals surface area contributed by atoms with Gasteiger partial charge in [-0.25, -0.2) is 0 Å². The Morgan fingerprint density at radius 1 is 1.21 bits per heavy atom. The summed E-state index contributed by atoms with van der Waals surface area (Å²) in [6, 6.07) is 0. The zero-order valence-electron chi connectivity index (χ0n) is 10.3. The molecule has 1 fully saturated rings. The third-order valence-electron chi connectivity index (χ3n) is 3.26. The van der Waals surface area contributed by atoms with Gasteiger partial charge in [0.05, 0.1) is 11.2 Å². The Labute approximate surface area is 113 Å². The molecule has 1 amide bonds. The standard InChI is InChI=1S/C11H16F3NO3S/c12-11(13,14)19-6-8(16)15-7-10(9(17)18)4-2-1-3-5-10/h1-7H2,(H,15,16)(H,17,18). The number of amides is 1. The quantitative estimate of drug-likeness (QED) is 0.818. The van der Waals surface area contributed by atoms with Crippen molar-refractivity contribution in [3.63, 3.8) is 0 Å². The van der Waals surface area contributed by atoms with E-state index in [1.807, 2.05) is 0 Å². The summed E-state index contributed by atoms with van der Waals surface area (Å²) in [5, 5.41) is 11.5. The number of carboxylic acids is 1. The number of carboxylic acid groups (broad SMARTS) is 1. The molecule has 0 atom stereocenters. The maximum Gasteiger partial charge on any atom is 0.442 e. The molecule has 19 heavy (non-hydrogen) atoms. The Hall–Kier alpha value is -0.920. The van der Waals surface area contributed by atoms with Gasteiger partial charge in [-0.2, -0.15) is 13.2 Å². The largest absolute Gasteiger partial charge is 0.481 e. The molecule has 1 rings (SSSR count). The highest BCUT2D eigenvalue weighted by Gasteiger charge is 2.40. The third-order valence-corrected chi connectivity index (χ3v) is 3.99. The van der Waals surface area contributed by atoms with Crippen LogP contribution in [0.5, 0.6) is 0 Å². The molecule has 2 N–H and O–H groups in total. The van der Waals surface area contributed by atoms with Crippen LogP contribution in [0.4, 0.5) is 13.2 Å². The molecular formula is C11H16F3NO3S. The average Bonchev–Trinajstić information content (AvgIpc) is 2.34. The summed E-state index contributed by atoms with van der Waals surface area (Å²) in [5.41, 5.74) is -5.47. The van der Waals surface area contributed by atoms with Crippen LogP contribution in [0.1, 0.15) is 32.1 Å². The Morgan fingerprint density at radius 3 is 2.26 bits per heavy atom. The predicted octanol–water partition coefficient (Wildman–Crippen LogP) is 2.39. The highest BCUT2D eigenvalue weighted by atomic mass is 32.2. The minimum Gasteiger partial charge on any atom is -0.481 e. The summed E-state index contributed by atoms with van der Waals surface area (Å²) in [6.07, 6.45) is 3.38. The van der Waals surface area contributed by atoms with Crippen molar-refractivity contribution in [1.82, 2.24) is 5.32 Å². The van der Waals surface area contributed by atoms with Crippen LogP contribution in [-0.2, 0) is 9.59 Å². The second-order valence-electron chi connectivity index (χ2n) is 4.66. The minimum absolute atomic E-state index is 0.0976. The van der Waals surface area contributed by atoms with Crippen LogP contribution in [0.15, 0.2) is 0 Å². The highest BCUT2D eigenvalue weighted by molar-refractivity contribution is 8.00. The first-order valence-electron chi connectivity index (χ1n) is 5.96. The molecule has 0 aromatic heterocycles. The molecule has 4 nitrogen and oxygen atoms in total. The van der Waals surface area contributed by atoms with Gasteiger partial charge in [0.1, 0.15) is 0 Å². The summed E-state index contributed by atoms with van der Waals surface area (Å²) >= 11 is -0.424. The normalized spacial score (nSPS) is 18.9. The van der Waals surface area contributed by atoms with E-state index in [2.05, 4.69) is 5.32 Å². The Kier molecular flexibility index (Phi) is 5.51. The van der Waals surface area contributed by atoms with E-state index < -0.39 is 40.3 Å². The maximum absolute atomic E-state index is 11.9. The van der Waals surface area contributed by atoms with Crippen LogP contribution in [0.25, 0.3) is 0 Å². The highest BCUT2D eigenvalue weighted by Crippen LogP contribution is 2.36. The fourth-order valence-electron chi connectivity index (χ4n) is 2.16. The van der Waals surface area contributed by atoms with Crippen molar-refractivity contribution in [1.29, 1.82) is 0 Å². The van der Waals surface area contributed by atoms with Crippen LogP contribution in [0.2, 0.25) is 0 Å². The van der Waals surface area contributed by atoms with Gasteiger partial charge >= 0.3 is 11.5 Å². The molecule has 1 aliphatic carbocycles. The molecule has 0 unspecified atom stereocenters. The van der Waals surface area contributed by atoms with Crippen LogP contribution in [-0.4, -0.2) is 34.8 Å². The SMILES string of the molecule is O=C(CSC(F)(F)F)NCC1(C(=O)O)CCCCC1. The lowest BCUT2D eigenvalue weighted by Gasteiger charge is -2.33. The zero-order chi connectivity index (χ0) is 14.5. The fourth-order valence-corrected chi connectivity index (χ4v) is 2.56. The number of nitrogens with one attached hydrogen (secondary N) is 1. The van der Waals surface area contributed by atoms with Crippen molar-refractivity contribution >= 4 is 23.6 Å². The molecule has 0 aliphatic heterocycles. The number of carbonyl (C=O) groups excluding carboxylic acids is 1.